The summed E-state index contributed by atoms with van der Waals surface area (Å²) in [6.07, 6.45) is 0. The largest absolute Gasteiger partial charge is 0.462 e. The molecule has 112 valence electrons. The molecule has 5 nitrogen and oxygen atoms in total. The second-order valence-electron chi connectivity index (χ2n) is 4.44. The number of carbonyl (C=O) groups is 1. The molecule has 0 spiro atoms. The minimum Gasteiger partial charge on any atom is -0.462 e. The molecule has 0 bridgehead atoms. The zero-order chi connectivity index (χ0) is 15.0. The van der Waals surface area contributed by atoms with Crippen LogP contribution in [0.2, 0.25) is 0 Å². The van der Waals surface area contributed by atoms with Gasteiger partial charge in [0.25, 0.3) is 0 Å². The molecule has 0 atom stereocenters. The van der Waals surface area contributed by atoms with E-state index in [1.165, 1.54) is 0 Å². The lowest BCUT2D eigenvalue weighted by atomic mass is 10.1. The third kappa shape index (κ3) is 4.42. The van der Waals surface area contributed by atoms with Crippen molar-refractivity contribution >= 4 is 17.3 Å². The van der Waals surface area contributed by atoms with Crippen molar-refractivity contribution in [3.8, 4) is 0 Å². The number of benzene rings is 1. The molecule has 0 heterocycles. The zero-order valence-corrected chi connectivity index (χ0v) is 12.6. The summed E-state index contributed by atoms with van der Waals surface area (Å²) in [6.45, 7) is 10.2. The van der Waals surface area contributed by atoms with Crippen LogP contribution in [0.4, 0.5) is 11.4 Å². The number of rotatable bonds is 8. The van der Waals surface area contributed by atoms with Crippen LogP contribution in [0.25, 0.3) is 0 Å². The number of nitrogen functional groups attached to an aromatic ring is 1. The smallest absolute Gasteiger partial charge is 0.340 e. The Hall–Kier alpha value is -1.75. The van der Waals surface area contributed by atoms with E-state index in [1.54, 1.807) is 13.0 Å². The van der Waals surface area contributed by atoms with Gasteiger partial charge >= 0.3 is 5.97 Å². The fourth-order valence-corrected chi connectivity index (χ4v) is 1.99. The number of hydrogen-bond donors (Lipinski definition) is 2. The number of nitrogens with zero attached hydrogens (tertiary/aromatic N) is 1. The first kappa shape index (κ1) is 16.3. The van der Waals surface area contributed by atoms with E-state index in [2.05, 4.69) is 24.1 Å². The average Bonchev–Trinajstić information content (AvgIpc) is 2.45. The Kier molecular flexibility index (Phi) is 6.87. The van der Waals surface area contributed by atoms with Crippen LogP contribution in [0.1, 0.15) is 31.1 Å². The quantitative estimate of drug-likeness (QED) is 0.564. The fraction of sp³-hybridized carbons (Fsp3) is 0.533. The number of carbonyl (C=O) groups excluding carboxylic acids is 1. The Morgan fingerprint density at radius 2 is 2.00 bits per heavy atom. The highest BCUT2D eigenvalue weighted by Gasteiger charge is 2.13. The van der Waals surface area contributed by atoms with Crippen LogP contribution in [0.3, 0.4) is 0 Å². The predicted octanol–water partition coefficient (Wildman–Crippen LogP) is 2.20. The van der Waals surface area contributed by atoms with Gasteiger partial charge < -0.3 is 20.7 Å². The summed E-state index contributed by atoms with van der Waals surface area (Å²) >= 11 is 0. The maximum Gasteiger partial charge on any atom is 0.340 e. The van der Waals surface area contributed by atoms with E-state index in [9.17, 15) is 4.79 Å². The number of ether oxygens (including phenoxy) is 1. The molecule has 1 aromatic rings. The van der Waals surface area contributed by atoms with E-state index in [1.807, 2.05) is 12.1 Å². The molecule has 0 saturated carbocycles. The lowest BCUT2D eigenvalue weighted by Gasteiger charge is -2.19. The highest BCUT2D eigenvalue weighted by molar-refractivity contribution is 5.98. The monoisotopic (exact) mass is 279 g/mol. The summed E-state index contributed by atoms with van der Waals surface area (Å²) in [5.41, 5.74) is 7.67. The van der Waals surface area contributed by atoms with Gasteiger partial charge in [0, 0.05) is 13.1 Å². The van der Waals surface area contributed by atoms with Crippen molar-refractivity contribution in [3.05, 3.63) is 23.8 Å². The van der Waals surface area contributed by atoms with Gasteiger partial charge in [-0.2, -0.15) is 0 Å². The number of para-hydroxylation sites is 1. The van der Waals surface area contributed by atoms with Gasteiger partial charge in [-0.15, -0.1) is 0 Å². The van der Waals surface area contributed by atoms with Crippen LogP contribution in [0, 0.1) is 0 Å². The van der Waals surface area contributed by atoms with E-state index in [0.717, 1.165) is 31.9 Å². The van der Waals surface area contributed by atoms with Crippen molar-refractivity contribution in [2.24, 2.45) is 0 Å². The molecule has 0 aliphatic rings. The van der Waals surface area contributed by atoms with Gasteiger partial charge in [0.15, 0.2) is 0 Å². The van der Waals surface area contributed by atoms with Crippen LogP contribution < -0.4 is 11.1 Å². The molecule has 1 rings (SSSR count). The number of anilines is 2. The lowest BCUT2D eigenvalue weighted by molar-refractivity contribution is 0.0527. The average molecular weight is 279 g/mol. The lowest BCUT2D eigenvalue weighted by Crippen LogP contribution is -2.28. The highest BCUT2D eigenvalue weighted by Crippen LogP contribution is 2.23. The topological polar surface area (TPSA) is 67.6 Å². The van der Waals surface area contributed by atoms with Gasteiger partial charge in [0.2, 0.25) is 0 Å². The van der Waals surface area contributed by atoms with Crippen molar-refractivity contribution in [2.75, 3.05) is 43.8 Å². The first-order chi connectivity index (χ1) is 9.63. The Morgan fingerprint density at radius 3 is 2.60 bits per heavy atom. The van der Waals surface area contributed by atoms with Crippen molar-refractivity contribution in [3.63, 3.8) is 0 Å². The number of esters is 1. The van der Waals surface area contributed by atoms with Crippen molar-refractivity contribution < 1.29 is 9.53 Å². The molecule has 0 aromatic heterocycles. The maximum atomic E-state index is 11.8. The molecule has 5 heteroatoms. The molecule has 0 aliphatic heterocycles. The Balaban J connectivity index is 2.67. The van der Waals surface area contributed by atoms with Gasteiger partial charge in [0.1, 0.15) is 0 Å². The van der Waals surface area contributed by atoms with Gasteiger partial charge in [-0.1, -0.05) is 19.9 Å². The van der Waals surface area contributed by atoms with Crippen LogP contribution >= 0.6 is 0 Å². The Morgan fingerprint density at radius 1 is 1.30 bits per heavy atom. The molecule has 0 unspecified atom stereocenters. The second-order valence-corrected chi connectivity index (χ2v) is 4.44. The summed E-state index contributed by atoms with van der Waals surface area (Å²) in [7, 11) is 0. The second kappa shape index (κ2) is 8.43. The Labute approximate surface area is 121 Å². The van der Waals surface area contributed by atoms with E-state index >= 15 is 0 Å². The minimum absolute atomic E-state index is 0.345. The summed E-state index contributed by atoms with van der Waals surface area (Å²) in [5, 5.41) is 3.27. The molecule has 0 amide bonds. The first-order valence-corrected chi connectivity index (χ1v) is 7.15. The van der Waals surface area contributed by atoms with E-state index < -0.39 is 0 Å². The van der Waals surface area contributed by atoms with Crippen molar-refractivity contribution in [1.29, 1.82) is 0 Å². The summed E-state index contributed by atoms with van der Waals surface area (Å²) in [5.74, 6) is -0.377. The van der Waals surface area contributed by atoms with Gasteiger partial charge in [-0.25, -0.2) is 4.79 Å². The van der Waals surface area contributed by atoms with Crippen LogP contribution in [0.15, 0.2) is 18.2 Å². The number of nitrogens with one attached hydrogen (secondary N) is 1. The molecule has 0 radical (unpaired) electrons. The zero-order valence-electron chi connectivity index (χ0n) is 12.6. The van der Waals surface area contributed by atoms with Crippen molar-refractivity contribution in [1.82, 2.24) is 4.90 Å². The van der Waals surface area contributed by atoms with Crippen LogP contribution in [-0.2, 0) is 4.74 Å². The third-order valence-corrected chi connectivity index (χ3v) is 3.24. The standard InChI is InChI=1S/C15H25N3O2/c1-4-18(5-2)11-10-17-13-9-7-8-12(14(13)16)15(19)20-6-3/h7-9,17H,4-6,10-11,16H2,1-3H3. The molecule has 0 fully saturated rings. The molecular formula is C15H25N3O2. The number of hydrogen-bond acceptors (Lipinski definition) is 5. The van der Waals surface area contributed by atoms with Gasteiger partial charge in [-0.05, 0) is 32.1 Å². The van der Waals surface area contributed by atoms with Crippen molar-refractivity contribution in [2.45, 2.75) is 20.8 Å². The normalized spacial score (nSPS) is 10.6. The first-order valence-electron chi connectivity index (χ1n) is 7.15. The molecule has 0 aliphatic carbocycles. The number of nitrogens with two attached hydrogens (primary N) is 1. The number of likely N-dealkylation sites (N-methyl/N-ethyl adjacent to an activating group) is 1. The Bertz CT molecular complexity index is 431. The molecule has 0 saturated heterocycles. The van der Waals surface area contributed by atoms with Gasteiger partial charge in [-0.3, -0.25) is 0 Å². The molecular weight excluding hydrogens is 254 g/mol. The van der Waals surface area contributed by atoms with Crippen LogP contribution in [0.5, 0.6) is 0 Å². The van der Waals surface area contributed by atoms with E-state index in [4.69, 9.17) is 10.5 Å². The molecule has 20 heavy (non-hydrogen) atoms. The fourth-order valence-electron chi connectivity index (χ4n) is 1.99. The maximum absolute atomic E-state index is 11.8. The minimum atomic E-state index is -0.377. The van der Waals surface area contributed by atoms with Crippen LogP contribution in [-0.4, -0.2) is 43.7 Å². The van der Waals surface area contributed by atoms with Gasteiger partial charge in [0.05, 0.1) is 23.5 Å². The predicted molar refractivity (Wildman–Crippen MR) is 83.1 cm³/mol. The summed E-state index contributed by atoms with van der Waals surface area (Å²) in [6, 6.07) is 5.37. The molecule has 1 aromatic carbocycles. The summed E-state index contributed by atoms with van der Waals surface area (Å²) < 4.78 is 4.99. The third-order valence-electron chi connectivity index (χ3n) is 3.24. The molecule has 3 N–H and O–H groups in total. The van der Waals surface area contributed by atoms with E-state index in [-0.39, 0.29) is 5.97 Å². The summed E-state index contributed by atoms with van der Waals surface area (Å²) in [4.78, 5) is 14.1. The highest BCUT2D eigenvalue weighted by atomic mass is 16.5. The SMILES string of the molecule is CCOC(=O)c1cccc(NCCN(CC)CC)c1N. The van der Waals surface area contributed by atoms with E-state index in [0.29, 0.717) is 17.9 Å².